The molecule has 7 nitrogen and oxygen atoms in total. The smallest absolute Gasteiger partial charge is 0.262 e. The fourth-order valence-corrected chi connectivity index (χ4v) is 3.70. The summed E-state index contributed by atoms with van der Waals surface area (Å²) in [5.74, 6) is 0.979. The lowest BCUT2D eigenvalue weighted by Gasteiger charge is -2.35. The molecule has 0 spiro atoms. The SMILES string of the molecule is CCCNC(=O)[C@H]1CN(CC(=O)N[C@@H](C)c2cc3ccccc3o2)c2ccccc2O1. The molecule has 0 aliphatic carbocycles. The van der Waals surface area contributed by atoms with E-state index >= 15 is 0 Å². The average Bonchev–Trinajstić information content (AvgIpc) is 3.22. The third-order valence-electron chi connectivity index (χ3n) is 5.29. The van der Waals surface area contributed by atoms with Crippen LogP contribution in [-0.4, -0.2) is 37.6 Å². The summed E-state index contributed by atoms with van der Waals surface area (Å²) in [5.41, 5.74) is 1.59. The Morgan fingerprint density at radius 2 is 1.94 bits per heavy atom. The van der Waals surface area contributed by atoms with Gasteiger partial charge >= 0.3 is 0 Å². The molecule has 2 heterocycles. The van der Waals surface area contributed by atoms with E-state index in [0.717, 1.165) is 23.1 Å². The Kier molecular flexibility index (Phi) is 6.11. The molecule has 1 aliphatic rings. The van der Waals surface area contributed by atoms with Gasteiger partial charge in [-0.3, -0.25) is 9.59 Å². The van der Waals surface area contributed by atoms with E-state index in [1.54, 1.807) is 0 Å². The van der Waals surface area contributed by atoms with E-state index in [1.165, 1.54) is 0 Å². The number of nitrogens with one attached hydrogen (secondary N) is 2. The lowest BCUT2D eigenvalue weighted by molar-refractivity contribution is -0.128. The van der Waals surface area contributed by atoms with Crippen LogP contribution >= 0.6 is 0 Å². The molecule has 2 N–H and O–H groups in total. The Labute approximate surface area is 181 Å². The quantitative estimate of drug-likeness (QED) is 0.611. The van der Waals surface area contributed by atoms with Crippen molar-refractivity contribution >= 4 is 28.5 Å². The minimum atomic E-state index is -0.665. The van der Waals surface area contributed by atoms with Gasteiger partial charge in [0.2, 0.25) is 5.91 Å². The average molecular weight is 421 g/mol. The van der Waals surface area contributed by atoms with E-state index < -0.39 is 6.10 Å². The molecule has 0 saturated heterocycles. The molecule has 2 aromatic carbocycles. The van der Waals surface area contributed by atoms with Crippen LogP contribution in [0.1, 0.15) is 32.1 Å². The Morgan fingerprint density at radius 3 is 2.74 bits per heavy atom. The van der Waals surface area contributed by atoms with Gasteiger partial charge in [-0.15, -0.1) is 0 Å². The van der Waals surface area contributed by atoms with Crippen LogP contribution in [-0.2, 0) is 9.59 Å². The second-order valence-corrected chi connectivity index (χ2v) is 7.72. The Morgan fingerprint density at radius 1 is 1.16 bits per heavy atom. The van der Waals surface area contributed by atoms with Crippen LogP contribution < -0.4 is 20.3 Å². The summed E-state index contributed by atoms with van der Waals surface area (Å²) < 4.78 is 11.7. The number of carbonyl (C=O) groups excluding carboxylic acids is 2. The maximum atomic E-state index is 12.8. The van der Waals surface area contributed by atoms with Gasteiger partial charge in [0.05, 0.1) is 24.8 Å². The summed E-state index contributed by atoms with van der Waals surface area (Å²) in [5, 5.41) is 6.87. The Hall–Kier alpha value is -3.48. The van der Waals surface area contributed by atoms with Crippen molar-refractivity contribution < 1.29 is 18.7 Å². The monoisotopic (exact) mass is 421 g/mol. The van der Waals surface area contributed by atoms with E-state index in [-0.39, 0.29) is 24.4 Å². The van der Waals surface area contributed by atoms with E-state index in [9.17, 15) is 9.59 Å². The fourth-order valence-electron chi connectivity index (χ4n) is 3.70. The van der Waals surface area contributed by atoms with Crippen LogP contribution in [0.5, 0.6) is 5.75 Å². The van der Waals surface area contributed by atoms with Crippen molar-refractivity contribution in [2.24, 2.45) is 0 Å². The number of hydrogen-bond donors (Lipinski definition) is 2. The molecule has 3 aromatic rings. The topological polar surface area (TPSA) is 83.8 Å². The number of anilines is 1. The normalized spacial score (nSPS) is 16.3. The highest BCUT2D eigenvalue weighted by atomic mass is 16.5. The zero-order valence-corrected chi connectivity index (χ0v) is 17.8. The third-order valence-corrected chi connectivity index (χ3v) is 5.29. The summed E-state index contributed by atoms with van der Waals surface area (Å²) in [6.07, 6.45) is 0.183. The second-order valence-electron chi connectivity index (χ2n) is 7.72. The van der Waals surface area contributed by atoms with Gasteiger partial charge in [-0.2, -0.15) is 0 Å². The Bertz CT molecular complexity index is 1040. The molecule has 4 rings (SSSR count). The summed E-state index contributed by atoms with van der Waals surface area (Å²) >= 11 is 0. The number of nitrogens with zero attached hydrogens (tertiary/aromatic N) is 1. The Balaban J connectivity index is 1.45. The predicted octanol–water partition coefficient (Wildman–Crippen LogP) is 3.40. The zero-order chi connectivity index (χ0) is 21.8. The highest BCUT2D eigenvalue weighted by molar-refractivity contribution is 5.86. The van der Waals surface area contributed by atoms with Gasteiger partial charge in [0.1, 0.15) is 17.1 Å². The maximum Gasteiger partial charge on any atom is 0.262 e. The molecule has 162 valence electrons. The van der Waals surface area contributed by atoms with Gasteiger partial charge in [-0.1, -0.05) is 37.3 Å². The van der Waals surface area contributed by atoms with Crippen molar-refractivity contribution in [3.8, 4) is 5.75 Å². The summed E-state index contributed by atoms with van der Waals surface area (Å²) in [6.45, 7) is 4.90. The molecule has 7 heteroatoms. The molecule has 2 amide bonds. The highest BCUT2D eigenvalue weighted by Crippen LogP contribution is 2.33. The van der Waals surface area contributed by atoms with Crippen molar-refractivity contribution in [2.45, 2.75) is 32.4 Å². The van der Waals surface area contributed by atoms with E-state index in [1.807, 2.05) is 73.3 Å². The molecular weight excluding hydrogens is 394 g/mol. The van der Waals surface area contributed by atoms with E-state index in [2.05, 4.69) is 10.6 Å². The van der Waals surface area contributed by atoms with Crippen LogP contribution in [0.4, 0.5) is 5.69 Å². The first-order chi connectivity index (χ1) is 15.0. The van der Waals surface area contributed by atoms with Crippen molar-refractivity contribution in [3.63, 3.8) is 0 Å². The standard InChI is InChI=1S/C24H27N3O4/c1-3-12-25-24(29)22-14-27(18-9-5-7-11-20(18)31-22)15-23(28)26-16(2)21-13-17-8-4-6-10-19(17)30-21/h4-11,13,16,22H,3,12,14-15H2,1-2H3,(H,25,29)(H,26,28)/t16-,22+/m0/s1. The molecule has 1 aliphatic heterocycles. The number of ether oxygens (including phenoxy) is 1. The first-order valence-electron chi connectivity index (χ1n) is 10.6. The van der Waals surface area contributed by atoms with Crippen molar-refractivity contribution in [3.05, 3.63) is 60.4 Å². The molecule has 0 unspecified atom stereocenters. The first kappa shape index (κ1) is 20.8. The minimum Gasteiger partial charge on any atom is -0.477 e. The molecule has 2 atom stereocenters. The second kappa shape index (κ2) is 9.12. The van der Waals surface area contributed by atoms with Crippen LogP contribution in [0.2, 0.25) is 0 Å². The molecule has 1 aromatic heterocycles. The summed E-state index contributed by atoms with van der Waals surface area (Å²) in [4.78, 5) is 27.2. The minimum absolute atomic E-state index is 0.114. The van der Waals surface area contributed by atoms with Gasteiger partial charge in [0, 0.05) is 11.9 Å². The summed E-state index contributed by atoms with van der Waals surface area (Å²) in [7, 11) is 0. The lowest BCUT2D eigenvalue weighted by atomic mass is 10.1. The number of carbonyl (C=O) groups is 2. The fraction of sp³-hybridized carbons (Fsp3) is 0.333. The third kappa shape index (κ3) is 4.66. The largest absolute Gasteiger partial charge is 0.477 e. The molecule has 0 radical (unpaired) electrons. The van der Waals surface area contributed by atoms with Crippen molar-refractivity contribution in [1.29, 1.82) is 0 Å². The van der Waals surface area contributed by atoms with Crippen molar-refractivity contribution in [2.75, 3.05) is 24.5 Å². The summed E-state index contributed by atoms with van der Waals surface area (Å²) in [6, 6.07) is 16.9. The number of benzene rings is 2. The number of fused-ring (bicyclic) bond motifs is 2. The number of rotatable bonds is 7. The lowest BCUT2D eigenvalue weighted by Crippen LogP contribution is -2.51. The zero-order valence-electron chi connectivity index (χ0n) is 17.8. The van der Waals surface area contributed by atoms with Gasteiger partial charge in [-0.05, 0) is 37.6 Å². The van der Waals surface area contributed by atoms with Crippen LogP contribution in [0, 0.1) is 0 Å². The number of furan rings is 1. The molecular formula is C24H27N3O4. The van der Waals surface area contributed by atoms with Crippen LogP contribution in [0.15, 0.2) is 59.0 Å². The number of amides is 2. The molecule has 31 heavy (non-hydrogen) atoms. The van der Waals surface area contributed by atoms with Gasteiger partial charge in [0.25, 0.3) is 5.91 Å². The van der Waals surface area contributed by atoms with Gasteiger partial charge < -0.3 is 24.7 Å². The van der Waals surface area contributed by atoms with E-state index in [0.29, 0.717) is 24.6 Å². The first-order valence-corrected chi connectivity index (χ1v) is 10.6. The van der Waals surface area contributed by atoms with E-state index in [4.69, 9.17) is 9.15 Å². The number of para-hydroxylation sites is 3. The van der Waals surface area contributed by atoms with Gasteiger partial charge in [-0.25, -0.2) is 0 Å². The van der Waals surface area contributed by atoms with Crippen molar-refractivity contribution in [1.82, 2.24) is 10.6 Å². The van der Waals surface area contributed by atoms with Crippen LogP contribution in [0.25, 0.3) is 11.0 Å². The predicted molar refractivity (Wildman–Crippen MR) is 119 cm³/mol. The van der Waals surface area contributed by atoms with Gasteiger partial charge in [0.15, 0.2) is 6.10 Å². The van der Waals surface area contributed by atoms with Crippen LogP contribution in [0.3, 0.4) is 0 Å². The molecule has 0 fully saturated rings. The highest BCUT2D eigenvalue weighted by Gasteiger charge is 2.31. The maximum absolute atomic E-state index is 12.8. The number of hydrogen-bond acceptors (Lipinski definition) is 5. The molecule has 0 saturated carbocycles. The molecule has 0 bridgehead atoms.